The lowest BCUT2D eigenvalue weighted by molar-refractivity contribution is -0.140. The summed E-state index contributed by atoms with van der Waals surface area (Å²) in [5, 5.41) is 0. The maximum atomic E-state index is 12.0. The van der Waals surface area contributed by atoms with Gasteiger partial charge in [0.1, 0.15) is 5.75 Å². The topological polar surface area (TPSA) is 35.5 Å². The van der Waals surface area contributed by atoms with Crippen molar-refractivity contribution in [2.75, 3.05) is 13.7 Å². The van der Waals surface area contributed by atoms with Crippen molar-refractivity contribution in [2.45, 2.75) is 38.3 Å². The zero-order valence-electron chi connectivity index (χ0n) is 13.1. The van der Waals surface area contributed by atoms with E-state index in [1.165, 1.54) is 7.11 Å². The Balaban J connectivity index is 2.59. The summed E-state index contributed by atoms with van der Waals surface area (Å²) in [6, 6.07) is 6.81. The monoisotopic (exact) mass is 328 g/mol. The standard InChI is InChI=1S/C17H19F3O3/c1-3-5-14(12-16(21)22-2)13-6-8-15(9-7-13)23-11-4-10-17(18,19)20/h6-9,14H,4,10-12H2,1-2H3. The van der Waals surface area contributed by atoms with E-state index in [0.717, 1.165) is 5.56 Å². The molecule has 0 saturated carbocycles. The van der Waals surface area contributed by atoms with Crippen molar-refractivity contribution in [3.8, 4) is 17.6 Å². The third-order valence-corrected chi connectivity index (χ3v) is 3.07. The van der Waals surface area contributed by atoms with Crippen LogP contribution in [0.25, 0.3) is 0 Å². The fourth-order valence-electron chi connectivity index (χ4n) is 1.94. The molecule has 1 aromatic rings. The predicted molar refractivity (Wildman–Crippen MR) is 80.1 cm³/mol. The highest BCUT2D eigenvalue weighted by Gasteiger charge is 2.26. The number of hydrogen-bond donors (Lipinski definition) is 0. The molecule has 0 aliphatic rings. The number of hydrogen-bond acceptors (Lipinski definition) is 3. The van der Waals surface area contributed by atoms with Gasteiger partial charge in [0, 0.05) is 6.42 Å². The van der Waals surface area contributed by atoms with Crippen LogP contribution in [-0.4, -0.2) is 25.9 Å². The van der Waals surface area contributed by atoms with Crippen LogP contribution in [0.1, 0.15) is 37.7 Å². The van der Waals surface area contributed by atoms with E-state index in [0.29, 0.717) is 5.75 Å². The largest absolute Gasteiger partial charge is 0.494 e. The van der Waals surface area contributed by atoms with Crippen molar-refractivity contribution in [2.24, 2.45) is 0 Å². The summed E-state index contributed by atoms with van der Waals surface area (Å²) in [4.78, 5) is 11.4. The van der Waals surface area contributed by atoms with Gasteiger partial charge in [-0.3, -0.25) is 4.79 Å². The molecule has 0 spiro atoms. The van der Waals surface area contributed by atoms with Crippen LogP contribution in [0.3, 0.4) is 0 Å². The average molecular weight is 328 g/mol. The van der Waals surface area contributed by atoms with Crippen molar-refractivity contribution in [1.29, 1.82) is 0 Å². The van der Waals surface area contributed by atoms with Gasteiger partial charge in [-0.15, -0.1) is 5.92 Å². The lowest BCUT2D eigenvalue weighted by atomic mass is 9.96. The summed E-state index contributed by atoms with van der Waals surface area (Å²) in [6.45, 7) is 1.68. The Bertz CT molecular complexity index is 553. The molecule has 0 heterocycles. The van der Waals surface area contributed by atoms with E-state index in [1.54, 1.807) is 31.2 Å². The highest BCUT2D eigenvalue weighted by atomic mass is 19.4. The summed E-state index contributed by atoms with van der Waals surface area (Å²) in [6.07, 6.45) is -4.97. The van der Waals surface area contributed by atoms with E-state index >= 15 is 0 Å². The molecule has 1 rings (SSSR count). The first-order valence-corrected chi connectivity index (χ1v) is 7.14. The summed E-state index contributed by atoms with van der Waals surface area (Å²) in [5.41, 5.74) is 0.826. The second kappa shape index (κ2) is 9.09. The van der Waals surface area contributed by atoms with Crippen LogP contribution in [-0.2, 0) is 9.53 Å². The highest BCUT2D eigenvalue weighted by molar-refractivity contribution is 5.71. The average Bonchev–Trinajstić information content (AvgIpc) is 2.50. The molecule has 0 aliphatic heterocycles. The smallest absolute Gasteiger partial charge is 0.389 e. The van der Waals surface area contributed by atoms with Crippen molar-refractivity contribution < 1.29 is 27.4 Å². The van der Waals surface area contributed by atoms with E-state index in [9.17, 15) is 18.0 Å². The highest BCUT2D eigenvalue weighted by Crippen LogP contribution is 2.24. The van der Waals surface area contributed by atoms with Gasteiger partial charge in [0.05, 0.1) is 26.1 Å². The van der Waals surface area contributed by atoms with Crippen LogP contribution in [0, 0.1) is 11.8 Å². The SMILES string of the molecule is CC#CC(CC(=O)OC)c1ccc(OCCCC(F)(F)F)cc1. The van der Waals surface area contributed by atoms with E-state index in [1.807, 2.05) is 0 Å². The Labute approximate surface area is 133 Å². The molecule has 126 valence electrons. The molecule has 0 aromatic heterocycles. The molecule has 6 heteroatoms. The van der Waals surface area contributed by atoms with Gasteiger partial charge in [0.2, 0.25) is 0 Å². The lowest BCUT2D eigenvalue weighted by Crippen LogP contribution is -2.10. The summed E-state index contributed by atoms with van der Waals surface area (Å²) >= 11 is 0. The Kier molecular flexibility index (Phi) is 7.46. The zero-order valence-corrected chi connectivity index (χ0v) is 13.1. The quantitative estimate of drug-likeness (QED) is 0.430. The molecule has 0 radical (unpaired) electrons. The molecule has 0 amide bonds. The van der Waals surface area contributed by atoms with Crippen LogP contribution >= 0.6 is 0 Å². The van der Waals surface area contributed by atoms with Gasteiger partial charge in [0.15, 0.2) is 0 Å². The second-order valence-corrected chi connectivity index (χ2v) is 4.86. The number of rotatable bonds is 7. The maximum Gasteiger partial charge on any atom is 0.389 e. The van der Waals surface area contributed by atoms with E-state index in [-0.39, 0.29) is 31.3 Å². The minimum absolute atomic E-state index is 0.000782. The van der Waals surface area contributed by atoms with Crippen LogP contribution in [0.4, 0.5) is 13.2 Å². The van der Waals surface area contributed by atoms with Gasteiger partial charge >= 0.3 is 12.1 Å². The van der Waals surface area contributed by atoms with Gasteiger partial charge in [-0.05, 0) is 31.0 Å². The lowest BCUT2D eigenvalue weighted by Gasteiger charge is -2.12. The van der Waals surface area contributed by atoms with Crippen molar-refractivity contribution in [3.05, 3.63) is 29.8 Å². The van der Waals surface area contributed by atoms with Gasteiger partial charge in [-0.25, -0.2) is 0 Å². The Morgan fingerprint density at radius 1 is 1.26 bits per heavy atom. The molecule has 1 aromatic carbocycles. The van der Waals surface area contributed by atoms with Crippen molar-refractivity contribution in [3.63, 3.8) is 0 Å². The first-order valence-electron chi connectivity index (χ1n) is 7.14. The zero-order chi connectivity index (χ0) is 17.3. The summed E-state index contributed by atoms with van der Waals surface area (Å²) in [7, 11) is 1.32. The normalized spacial score (nSPS) is 12.0. The predicted octanol–water partition coefficient (Wildman–Crippen LogP) is 4.08. The van der Waals surface area contributed by atoms with Gasteiger partial charge in [-0.1, -0.05) is 18.1 Å². The van der Waals surface area contributed by atoms with Crippen LogP contribution in [0.15, 0.2) is 24.3 Å². The fourth-order valence-corrected chi connectivity index (χ4v) is 1.94. The number of halogens is 3. The van der Waals surface area contributed by atoms with Crippen LogP contribution < -0.4 is 4.74 Å². The first kappa shape index (κ1) is 18.9. The molecule has 0 N–H and O–H groups in total. The molecule has 1 unspecified atom stereocenters. The molecule has 0 bridgehead atoms. The van der Waals surface area contributed by atoms with Gasteiger partial charge in [-0.2, -0.15) is 13.2 Å². The minimum atomic E-state index is -4.16. The number of methoxy groups -OCH3 is 1. The minimum Gasteiger partial charge on any atom is -0.494 e. The van der Waals surface area contributed by atoms with Crippen molar-refractivity contribution >= 4 is 5.97 Å². The molecule has 23 heavy (non-hydrogen) atoms. The Morgan fingerprint density at radius 2 is 1.91 bits per heavy atom. The number of ether oxygens (including phenoxy) is 2. The van der Waals surface area contributed by atoms with E-state index < -0.39 is 12.6 Å². The van der Waals surface area contributed by atoms with E-state index in [2.05, 4.69) is 16.6 Å². The fraction of sp³-hybridized carbons (Fsp3) is 0.471. The Hall–Kier alpha value is -2.16. The molecular formula is C17H19F3O3. The van der Waals surface area contributed by atoms with Gasteiger partial charge < -0.3 is 9.47 Å². The third-order valence-electron chi connectivity index (χ3n) is 3.07. The molecule has 0 aliphatic carbocycles. The maximum absolute atomic E-state index is 12.0. The summed E-state index contributed by atoms with van der Waals surface area (Å²) in [5.74, 6) is 5.55. The number of carbonyl (C=O) groups excluding carboxylic acids is 1. The molecular weight excluding hydrogens is 309 g/mol. The number of esters is 1. The van der Waals surface area contributed by atoms with Gasteiger partial charge in [0.25, 0.3) is 0 Å². The molecule has 3 nitrogen and oxygen atoms in total. The molecule has 0 saturated heterocycles. The third kappa shape index (κ3) is 7.59. The Morgan fingerprint density at radius 3 is 2.43 bits per heavy atom. The molecule has 0 fully saturated rings. The summed E-state index contributed by atoms with van der Waals surface area (Å²) < 4.78 is 46.0. The van der Waals surface area contributed by atoms with Crippen molar-refractivity contribution in [1.82, 2.24) is 0 Å². The number of carbonyl (C=O) groups is 1. The number of benzene rings is 1. The first-order chi connectivity index (χ1) is 10.9. The van der Waals surface area contributed by atoms with Crippen LogP contribution in [0.5, 0.6) is 5.75 Å². The number of alkyl halides is 3. The van der Waals surface area contributed by atoms with Crippen LogP contribution in [0.2, 0.25) is 0 Å². The molecule has 1 atom stereocenters. The second-order valence-electron chi connectivity index (χ2n) is 4.86. The van der Waals surface area contributed by atoms with E-state index in [4.69, 9.17) is 4.74 Å².